The topological polar surface area (TPSA) is 23.5 Å². The zero-order valence-electron chi connectivity index (χ0n) is 21.8. The van der Waals surface area contributed by atoms with Crippen LogP contribution in [-0.2, 0) is 5.41 Å². The molecule has 0 aromatic heterocycles. The third-order valence-corrected chi connectivity index (χ3v) is 7.69. The van der Waals surface area contributed by atoms with E-state index in [0.29, 0.717) is 5.57 Å². The lowest BCUT2D eigenvalue weighted by Gasteiger charge is -2.42. The van der Waals surface area contributed by atoms with E-state index in [1.165, 1.54) is 12.8 Å². The highest BCUT2D eigenvalue weighted by Crippen LogP contribution is 2.57. The van der Waals surface area contributed by atoms with Crippen molar-refractivity contribution in [2.45, 2.75) is 77.1 Å². The van der Waals surface area contributed by atoms with Gasteiger partial charge in [-0.25, -0.2) is 8.78 Å². The molecule has 3 rings (SSSR count). The largest absolute Gasteiger partial charge is 0.396 e. The maximum absolute atomic E-state index is 14.1. The third-order valence-electron chi connectivity index (χ3n) is 7.69. The van der Waals surface area contributed by atoms with Crippen LogP contribution in [0.15, 0.2) is 66.3 Å². The van der Waals surface area contributed by atoms with Gasteiger partial charge in [0.15, 0.2) is 0 Å². The number of hydrogen-bond donors (Lipinski definition) is 1. The normalized spacial score (nSPS) is 20.2. The summed E-state index contributed by atoms with van der Waals surface area (Å²) < 4.78 is 28.3. The average Bonchev–Trinajstić information content (AvgIpc) is 2.95. The van der Waals surface area contributed by atoms with E-state index in [0.717, 1.165) is 74.5 Å². The Morgan fingerprint density at radius 2 is 1.83 bits per heavy atom. The van der Waals surface area contributed by atoms with Gasteiger partial charge in [0, 0.05) is 17.8 Å². The van der Waals surface area contributed by atoms with Gasteiger partial charge in [-0.3, -0.25) is 0 Å². The lowest BCUT2D eigenvalue weighted by atomic mass is 9.62. The van der Waals surface area contributed by atoms with Gasteiger partial charge < -0.3 is 10.0 Å². The van der Waals surface area contributed by atoms with Crippen molar-refractivity contribution in [3.05, 3.63) is 77.4 Å². The molecule has 2 aliphatic rings. The molecule has 0 saturated carbocycles. The maximum atomic E-state index is 14.1. The molecule has 0 radical (unpaired) electrons. The number of unbranched alkanes of at least 4 members (excludes halogenated alkanes) is 2. The molecule has 0 aliphatic heterocycles. The number of benzene rings is 1. The smallest absolute Gasteiger partial charge is 0.249 e. The van der Waals surface area contributed by atoms with Gasteiger partial charge in [0.05, 0.1) is 6.61 Å². The highest BCUT2D eigenvalue weighted by Gasteiger charge is 2.49. The Balaban J connectivity index is 2.00. The summed E-state index contributed by atoms with van der Waals surface area (Å²) in [5.41, 5.74) is 4.46. The number of aliphatic hydroxyl groups excluding tert-OH is 1. The van der Waals surface area contributed by atoms with Crippen LogP contribution in [0, 0.1) is 5.92 Å². The van der Waals surface area contributed by atoms with Crippen molar-refractivity contribution in [2.75, 3.05) is 26.2 Å². The van der Waals surface area contributed by atoms with E-state index >= 15 is 0 Å². The summed E-state index contributed by atoms with van der Waals surface area (Å²) in [5.74, 6) is -3.33. The molecule has 1 aromatic rings. The van der Waals surface area contributed by atoms with Crippen molar-refractivity contribution < 1.29 is 13.9 Å². The Kier molecular flexibility index (Phi) is 9.66. The van der Waals surface area contributed by atoms with E-state index in [4.69, 9.17) is 0 Å². The lowest BCUT2D eigenvalue weighted by molar-refractivity contribution is 0.0172. The van der Waals surface area contributed by atoms with Crippen LogP contribution in [0.4, 0.5) is 8.78 Å². The maximum Gasteiger partial charge on any atom is 0.249 e. The predicted molar refractivity (Wildman–Crippen MR) is 144 cm³/mol. The van der Waals surface area contributed by atoms with Crippen LogP contribution in [0.2, 0.25) is 0 Å². The fraction of sp³-hybridized carbons (Fsp3) is 0.548. The van der Waals surface area contributed by atoms with Crippen molar-refractivity contribution in [3.8, 4) is 0 Å². The van der Waals surface area contributed by atoms with Crippen LogP contribution < -0.4 is 0 Å². The number of allylic oxidation sites excluding steroid dienone is 6. The van der Waals surface area contributed by atoms with Gasteiger partial charge in [-0.1, -0.05) is 87.4 Å². The minimum atomic E-state index is -2.86. The molecule has 0 bridgehead atoms. The fourth-order valence-corrected chi connectivity index (χ4v) is 6.03. The average molecular weight is 484 g/mol. The molecule has 4 heteroatoms. The standard InChI is InChI=1S/C31H43F2NO/c1-5-7-20-34(6-2)21-14-13-19-31(29(23-35)24(3)22-30(4,32)33)27-17-10-8-9-15-25(27)26-16-11-12-18-28(26)31/h9-12,15-18,29,35H,3,5-8,13-14,19-23H2,1-2,4H3. The molecule has 2 aliphatic carbocycles. The third kappa shape index (κ3) is 6.21. The second kappa shape index (κ2) is 12.3. The molecule has 2 nitrogen and oxygen atoms in total. The van der Waals surface area contributed by atoms with E-state index in [1.807, 2.05) is 12.1 Å². The molecule has 1 aromatic carbocycles. The van der Waals surface area contributed by atoms with Crippen LogP contribution in [-0.4, -0.2) is 42.2 Å². The minimum Gasteiger partial charge on any atom is -0.396 e. The molecule has 35 heavy (non-hydrogen) atoms. The van der Waals surface area contributed by atoms with Crippen LogP contribution >= 0.6 is 0 Å². The van der Waals surface area contributed by atoms with E-state index in [9.17, 15) is 13.9 Å². The molecule has 0 heterocycles. The van der Waals surface area contributed by atoms with Crippen LogP contribution in [0.3, 0.4) is 0 Å². The summed E-state index contributed by atoms with van der Waals surface area (Å²) in [6.45, 7) is 12.5. The van der Waals surface area contributed by atoms with Crippen molar-refractivity contribution in [1.82, 2.24) is 4.90 Å². The Morgan fingerprint density at radius 3 is 2.51 bits per heavy atom. The monoisotopic (exact) mass is 483 g/mol. The van der Waals surface area contributed by atoms with Crippen molar-refractivity contribution in [3.63, 3.8) is 0 Å². The zero-order valence-corrected chi connectivity index (χ0v) is 21.8. The Labute approximate surface area is 211 Å². The number of hydrogen-bond acceptors (Lipinski definition) is 2. The van der Waals surface area contributed by atoms with E-state index in [1.54, 1.807) is 0 Å². The summed E-state index contributed by atoms with van der Waals surface area (Å²) in [5, 5.41) is 10.7. The number of aliphatic hydroxyl groups is 1. The molecule has 0 spiro atoms. The lowest BCUT2D eigenvalue weighted by Crippen LogP contribution is -2.40. The molecule has 2 atom stereocenters. The molecule has 0 fully saturated rings. The van der Waals surface area contributed by atoms with E-state index in [2.05, 4.69) is 61.8 Å². The number of halogens is 2. The summed E-state index contributed by atoms with van der Waals surface area (Å²) in [7, 11) is 0. The van der Waals surface area contributed by atoms with E-state index in [-0.39, 0.29) is 6.61 Å². The Bertz CT molecular complexity index is 955. The first-order valence-corrected chi connectivity index (χ1v) is 13.3. The van der Waals surface area contributed by atoms with Gasteiger partial charge in [-0.05, 0) is 74.5 Å². The quantitative estimate of drug-likeness (QED) is 0.216. The first-order chi connectivity index (χ1) is 16.8. The van der Waals surface area contributed by atoms with Crippen molar-refractivity contribution in [2.24, 2.45) is 5.92 Å². The second-order valence-electron chi connectivity index (χ2n) is 10.3. The molecule has 1 N–H and O–H groups in total. The van der Waals surface area contributed by atoms with Crippen LogP contribution in [0.25, 0.3) is 5.57 Å². The molecular formula is C31H43F2NO. The van der Waals surface area contributed by atoms with Crippen molar-refractivity contribution >= 4 is 5.57 Å². The van der Waals surface area contributed by atoms with Gasteiger partial charge in [0.1, 0.15) is 0 Å². The van der Waals surface area contributed by atoms with Gasteiger partial charge in [-0.15, -0.1) is 0 Å². The first kappa shape index (κ1) is 27.5. The van der Waals surface area contributed by atoms with Gasteiger partial charge in [0.2, 0.25) is 5.92 Å². The first-order valence-electron chi connectivity index (χ1n) is 13.3. The number of alkyl halides is 2. The molecule has 192 valence electrons. The molecule has 0 amide bonds. The second-order valence-corrected chi connectivity index (χ2v) is 10.3. The summed E-state index contributed by atoms with van der Waals surface area (Å²) in [6.07, 6.45) is 14.3. The van der Waals surface area contributed by atoms with Crippen LogP contribution in [0.1, 0.15) is 76.8 Å². The predicted octanol–water partition coefficient (Wildman–Crippen LogP) is 7.71. The van der Waals surface area contributed by atoms with E-state index < -0.39 is 23.7 Å². The Hall–Kier alpha value is -2.04. The summed E-state index contributed by atoms with van der Waals surface area (Å²) >= 11 is 0. The summed E-state index contributed by atoms with van der Waals surface area (Å²) in [4.78, 5) is 2.50. The highest BCUT2D eigenvalue weighted by atomic mass is 19.3. The van der Waals surface area contributed by atoms with Gasteiger partial charge in [-0.2, -0.15) is 0 Å². The van der Waals surface area contributed by atoms with Crippen LogP contribution in [0.5, 0.6) is 0 Å². The molecule has 0 saturated heterocycles. The SMILES string of the molecule is C=C(CC(C)(F)F)C(CO)C1(CCCCN(CC)CCCC)C2=C(C=CCC=C2)c2ccccc21. The van der Waals surface area contributed by atoms with Crippen molar-refractivity contribution in [1.29, 1.82) is 0 Å². The van der Waals surface area contributed by atoms with Gasteiger partial charge in [0.25, 0.3) is 0 Å². The number of fused-ring (bicyclic) bond motifs is 2. The van der Waals surface area contributed by atoms with Gasteiger partial charge >= 0.3 is 0 Å². The highest BCUT2D eigenvalue weighted by molar-refractivity contribution is 5.88. The number of nitrogens with zero attached hydrogens (tertiary/aromatic N) is 1. The number of rotatable bonds is 14. The Morgan fingerprint density at radius 1 is 1.11 bits per heavy atom. The molecular weight excluding hydrogens is 440 g/mol. The zero-order chi connectivity index (χ0) is 25.5. The fourth-order valence-electron chi connectivity index (χ4n) is 6.03. The summed E-state index contributed by atoms with van der Waals surface area (Å²) in [6, 6.07) is 8.33. The molecule has 2 unspecified atom stereocenters. The minimum absolute atomic E-state index is 0.199.